The van der Waals surface area contributed by atoms with Crippen LogP contribution in [0.2, 0.25) is 0 Å². The van der Waals surface area contributed by atoms with Gasteiger partial charge >= 0.3 is 5.97 Å². The fourth-order valence-corrected chi connectivity index (χ4v) is 2.38. The predicted molar refractivity (Wildman–Crippen MR) is 98.6 cm³/mol. The minimum atomic E-state index is -0.392. The zero-order chi connectivity index (χ0) is 19.2. The van der Waals surface area contributed by atoms with Crippen LogP contribution in [0, 0.1) is 12.7 Å². The van der Waals surface area contributed by atoms with Crippen LogP contribution >= 0.6 is 0 Å². The average molecular weight is 367 g/mol. The van der Waals surface area contributed by atoms with E-state index in [1.54, 1.807) is 0 Å². The lowest BCUT2D eigenvalue weighted by molar-refractivity contribution is -0.144. The first-order valence-electron chi connectivity index (χ1n) is 8.23. The first kappa shape index (κ1) is 18.2. The van der Waals surface area contributed by atoms with Crippen LogP contribution in [-0.2, 0) is 22.6 Å². The number of rotatable bonds is 6. The number of nitrogen functional groups attached to an aromatic ring is 1. The van der Waals surface area contributed by atoms with Gasteiger partial charge in [0, 0.05) is 5.69 Å². The van der Waals surface area contributed by atoms with Crippen molar-refractivity contribution in [2.75, 3.05) is 11.1 Å². The molecule has 0 spiro atoms. The number of hydrogen-bond acceptors (Lipinski definition) is 7. The summed E-state index contributed by atoms with van der Waals surface area (Å²) in [5, 5.41) is 2.90. The lowest BCUT2D eigenvalue weighted by Crippen LogP contribution is -2.12. The number of nitrogens with one attached hydrogen (secondary N) is 1. The van der Waals surface area contributed by atoms with Crippen LogP contribution in [0.5, 0.6) is 0 Å². The smallest absolute Gasteiger partial charge is 0.310 e. The van der Waals surface area contributed by atoms with Gasteiger partial charge in [-0.05, 0) is 42.3 Å². The molecule has 0 aliphatic rings. The van der Waals surface area contributed by atoms with Crippen molar-refractivity contribution in [1.29, 1.82) is 0 Å². The summed E-state index contributed by atoms with van der Waals surface area (Å²) in [7, 11) is 0. The van der Waals surface area contributed by atoms with E-state index in [2.05, 4.69) is 20.3 Å². The van der Waals surface area contributed by atoms with Crippen LogP contribution in [0.4, 0.5) is 22.0 Å². The Balaban J connectivity index is 1.63. The first-order chi connectivity index (χ1) is 13.0. The molecule has 138 valence electrons. The lowest BCUT2D eigenvalue weighted by Gasteiger charge is -2.09. The second-order valence-electron chi connectivity index (χ2n) is 5.83. The summed E-state index contributed by atoms with van der Waals surface area (Å²) in [6.07, 6.45) is 0.161. The van der Waals surface area contributed by atoms with Gasteiger partial charge in [-0.15, -0.1) is 0 Å². The Hall–Kier alpha value is -3.55. The lowest BCUT2D eigenvalue weighted by atomic mass is 10.1. The van der Waals surface area contributed by atoms with E-state index >= 15 is 0 Å². The normalized spacial score (nSPS) is 10.4. The van der Waals surface area contributed by atoms with Crippen molar-refractivity contribution in [2.45, 2.75) is 20.0 Å². The Kier molecular flexibility index (Phi) is 5.55. The van der Waals surface area contributed by atoms with Gasteiger partial charge in [-0.2, -0.15) is 15.0 Å². The number of aryl methyl sites for hydroxylation is 1. The number of nitrogens with zero attached hydrogens (tertiary/aromatic N) is 3. The molecule has 0 saturated carbocycles. The molecule has 8 heteroatoms. The summed E-state index contributed by atoms with van der Waals surface area (Å²) in [6, 6.07) is 13.3. The maximum Gasteiger partial charge on any atom is 0.310 e. The van der Waals surface area contributed by atoms with E-state index in [-0.39, 0.29) is 36.6 Å². The molecule has 1 aromatic heterocycles. The van der Waals surface area contributed by atoms with Crippen molar-refractivity contribution in [3.8, 4) is 0 Å². The van der Waals surface area contributed by atoms with Crippen molar-refractivity contribution in [3.05, 3.63) is 71.3 Å². The molecule has 27 heavy (non-hydrogen) atoms. The van der Waals surface area contributed by atoms with E-state index in [0.717, 1.165) is 11.1 Å². The van der Waals surface area contributed by atoms with Crippen LogP contribution in [0.1, 0.15) is 17.0 Å². The van der Waals surface area contributed by atoms with Gasteiger partial charge < -0.3 is 15.8 Å². The van der Waals surface area contributed by atoms with Crippen LogP contribution in [-0.4, -0.2) is 20.9 Å². The Bertz CT molecular complexity index is 947. The minimum Gasteiger partial charge on any atom is -0.457 e. The third-order valence-corrected chi connectivity index (χ3v) is 3.76. The number of anilines is 3. The second kappa shape index (κ2) is 8.22. The predicted octanol–water partition coefficient (Wildman–Crippen LogP) is 2.93. The molecule has 0 aliphatic carbocycles. The highest BCUT2D eigenvalue weighted by Gasteiger charge is 2.10. The fourth-order valence-electron chi connectivity index (χ4n) is 2.38. The number of carbonyl (C=O) groups excluding carboxylic acids is 1. The summed E-state index contributed by atoms with van der Waals surface area (Å²) in [5.41, 5.74) is 8.19. The van der Waals surface area contributed by atoms with E-state index in [0.29, 0.717) is 5.69 Å². The molecule has 0 unspecified atom stereocenters. The molecule has 3 rings (SSSR count). The van der Waals surface area contributed by atoms with Crippen molar-refractivity contribution >= 4 is 23.6 Å². The molecule has 2 aromatic carbocycles. The zero-order valence-electron chi connectivity index (χ0n) is 14.6. The van der Waals surface area contributed by atoms with Gasteiger partial charge in [0.2, 0.25) is 11.9 Å². The molecular weight excluding hydrogens is 349 g/mol. The van der Waals surface area contributed by atoms with Gasteiger partial charge in [0.1, 0.15) is 5.82 Å². The summed E-state index contributed by atoms with van der Waals surface area (Å²) in [4.78, 5) is 24.2. The third kappa shape index (κ3) is 5.21. The third-order valence-electron chi connectivity index (χ3n) is 3.76. The molecule has 3 aromatic rings. The van der Waals surface area contributed by atoms with Gasteiger partial charge in [0.25, 0.3) is 0 Å². The largest absolute Gasteiger partial charge is 0.457 e. The van der Waals surface area contributed by atoms with Crippen molar-refractivity contribution in [1.82, 2.24) is 15.0 Å². The quantitative estimate of drug-likeness (QED) is 0.646. The van der Waals surface area contributed by atoms with Gasteiger partial charge in [-0.1, -0.05) is 24.3 Å². The number of halogens is 1. The second-order valence-corrected chi connectivity index (χ2v) is 5.83. The number of nitrogens with two attached hydrogens (primary N) is 1. The molecule has 1 heterocycles. The number of benzene rings is 2. The number of aromatic nitrogens is 3. The van der Waals surface area contributed by atoms with Gasteiger partial charge in [-0.3, -0.25) is 4.79 Å². The fraction of sp³-hybridized carbons (Fsp3) is 0.158. The molecule has 0 radical (unpaired) electrons. The van der Waals surface area contributed by atoms with Crippen molar-refractivity contribution in [3.63, 3.8) is 0 Å². The van der Waals surface area contributed by atoms with Gasteiger partial charge in [0.15, 0.2) is 12.4 Å². The molecule has 0 fully saturated rings. The van der Waals surface area contributed by atoms with Gasteiger partial charge in [0.05, 0.1) is 6.42 Å². The van der Waals surface area contributed by atoms with E-state index in [1.807, 2.05) is 31.2 Å². The van der Waals surface area contributed by atoms with Crippen LogP contribution < -0.4 is 11.1 Å². The highest BCUT2D eigenvalue weighted by molar-refractivity contribution is 5.73. The summed E-state index contributed by atoms with van der Waals surface area (Å²) < 4.78 is 18.2. The monoisotopic (exact) mass is 367 g/mol. The van der Waals surface area contributed by atoms with Crippen LogP contribution in [0.3, 0.4) is 0 Å². The summed E-state index contributed by atoms with van der Waals surface area (Å²) >= 11 is 0. The zero-order valence-corrected chi connectivity index (χ0v) is 14.6. The highest BCUT2D eigenvalue weighted by Crippen LogP contribution is 2.14. The first-order valence-corrected chi connectivity index (χ1v) is 8.23. The molecule has 7 nitrogen and oxygen atoms in total. The van der Waals surface area contributed by atoms with E-state index in [4.69, 9.17) is 10.5 Å². The molecule has 3 N–H and O–H groups in total. The van der Waals surface area contributed by atoms with Crippen molar-refractivity contribution < 1.29 is 13.9 Å². The van der Waals surface area contributed by atoms with E-state index in [9.17, 15) is 9.18 Å². The van der Waals surface area contributed by atoms with Crippen molar-refractivity contribution in [2.24, 2.45) is 0 Å². The topological polar surface area (TPSA) is 103 Å². The number of hydrogen-bond donors (Lipinski definition) is 2. The van der Waals surface area contributed by atoms with Crippen LogP contribution in [0.15, 0.2) is 48.5 Å². The summed E-state index contributed by atoms with van der Waals surface area (Å²) in [5.74, 6) is -0.364. The molecule has 0 saturated heterocycles. The molecular formula is C19H18FN5O2. The Morgan fingerprint density at radius 3 is 2.59 bits per heavy atom. The molecule has 0 aliphatic heterocycles. The van der Waals surface area contributed by atoms with Crippen LogP contribution in [0.25, 0.3) is 0 Å². The standard InChI is InChI=1S/C19H18FN5O2/c1-12-4-2-3-5-13(12)10-17(26)27-11-16-23-18(21)25-19(24-16)22-15-8-6-14(20)7-9-15/h2-9H,10-11H2,1H3,(H3,21,22,23,24,25). The maximum atomic E-state index is 13.0. The maximum absolute atomic E-state index is 13.0. The number of esters is 1. The SMILES string of the molecule is Cc1ccccc1CC(=O)OCc1nc(N)nc(Nc2ccc(F)cc2)n1. The number of ether oxygens (including phenoxy) is 1. The minimum absolute atomic E-state index is 0.0143. The highest BCUT2D eigenvalue weighted by atomic mass is 19.1. The molecule has 0 atom stereocenters. The Morgan fingerprint density at radius 1 is 1.11 bits per heavy atom. The summed E-state index contributed by atoms with van der Waals surface area (Å²) in [6.45, 7) is 1.80. The molecule has 0 bridgehead atoms. The number of carbonyl (C=O) groups is 1. The van der Waals surface area contributed by atoms with E-state index < -0.39 is 5.97 Å². The average Bonchev–Trinajstić information content (AvgIpc) is 2.63. The van der Waals surface area contributed by atoms with E-state index in [1.165, 1.54) is 24.3 Å². The molecule has 0 amide bonds. The Morgan fingerprint density at radius 2 is 1.85 bits per heavy atom. The van der Waals surface area contributed by atoms with Gasteiger partial charge in [-0.25, -0.2) is 4.39 Å². The Labute approximate surface area is 155 Å².